The Kier molecular flexibility index (Phi) is 7.82. The monoisotopic (exact) mass is 525 g/mol. The van der Waals surface area contributed by atoms with Crippen molar-refractivity contribution in [3.63, 3.8) is 0 Å². The van der Waals surface area contributed by atoms with E-state index in [1.807, 2.05) is 57.2 Å². The van der Waals surface area contributed by atoms with Crippen LogP contribution in [-0.2, 0) is 14.8 Å². The van der Waals surface area contributed by atoms with Crippen LogP contribution in [0.15, 0.2) is 78.0 Å². The fraction of sp³-hybridized carbons (Fsp3) is 0.393. The molecule has 0 radical (unpaired) electrons. The van der Waals surface area contributed by atoms with Crippen LogP contribution in [0.4, 0.5) is 4.79 Å². The highest BCUT2D eigenvalue weighted by molar-refractivity contribution is 7.92. The molecule has 1 fully saturated rings. The number of aromatic nitrogens is 1. The SMILES string of the molecule is COc1ccc(-c2ccc(S(=O)(=O)N(CC3CCN(C(=O)OC(C)(C)C)CC3)n3cccc3)cc2)cc1. The predicted octanol–water partition coefficient (Wildman–Crippen LogP) is 5.14. The number of hydrogen-bond donors (Lipinski definition) is 0. The Hall–Kier alpha value is -3.46. The summed E-state index contributed by atoms with van der Waals surface area (Å²) in [6.07, 6.45) is 4.54. The van der Waals surface area contributed by atoms with Gasteiger partial charge in [0.1, 0.15) is 11.4 Å². The summed E-state index contributed by atoms with van der Waals surface area (Å²) in [6.45, 7) is 6.94. The van der Waals surface area contributed by atoms with Gasteiger partial charge in [-0.25, -0.2) is 9.21 Å². The Balaban J connectivity index is 1.49. The zero-order valence-corrected chi connectivity index (χ0v) is 22.6. The van der Waals surface area contributed by atoms with E-state index in [1.54, 1.807) is 53.3 Å². The van der Waals surface area contributed by atoms with Gasteiger partial charge in [-0.2, -0.15) is 8.42 Å². The number of piperidine rings is 1. The lowest BCUT2D eigenvalue weighted by molar-refractivity contribution is 0.0186. The lowest BCUT2D eigenvalue weighted by atomic mass is 9.97. The second-order valence-corrected chi connectivity index (χ2v) is 12.1. The zero-order chi connectivity index (χ0) is 26.6. The van der Waals surface area contributed by atoms with Crippen molar-refractivity contribution in [1.29, 1.82) is 0 Å². The Morgan fingerprint density at radius 2 is 1.49 bits per heavy atom. The largest absolute Gasteiger partial charge is 0.497 e. The molecule has 8 nitrogen and oxygen atoms in total. The van der Waals surface area contributed by atoms with Crippen molar-refractivity contribution in [1.82, 2.24) is 9.58 Å². The molecule has 1 aliphatic rings. The van der Waals surface area contributed by atoms with Gasteiger partial charge >= 0.3 is 6.09 Å². The lowest BCUT2D eigenvalue weighted by Crippen LogP contribution is -2.47. The molecule has 1 aliphatic heterocycles. The van der Waals surface area contributed by atoms with E-state index < -0.39 is 15.6 Å². The van der Waals surface area contributed by atoms with Crippen molar-refractivity contribution < 1.29 is 22.7 Å². The number of carbonyl (C=O) groups excluding carboxylic acids is 1. The highest BCUT2D eigenvalue weighted by atomic mass is 32.2. The van der Waals surface area contributed by atoms with Crippen LogP contribution in [0.2, 0.25) is 0 Å². The summed E-state index contributed by atoms with van der Waals surface area (Å²) in [7, 11) is -2.20. The molecule has 37 heavy (non-hydrogen) atoms. The highest BCUT2D eigenvalue weighted by Crippen LogP contribution is 2.27. The van der Waals surface area contributed by atoms with Crippen LogP contribution in [0, 0.1) is 5.92 Å². The van der Waals surface area contributed by atoms with Crippen LogP contribution in [-0.4, -0.2) is 56.4 Å². The summed E-state index contributed by atoms with van der Waals surface area (Å²) in [6, 6.07) is 18.2. The molecular formula is C28H35N3O5S. The van der Waals surface area contributed by atoms with Gasteiger partial charge in [0.2, 0.25) is 0 Å². The van der Waals surface area contributed by atoms with Gasteiger partial charge in [-0.1, -0.05) is 24.3 Å². The van der Waals surface area contributed by atoms with Gasteiger partial charge in [0, 0.05) is 25.5 Å². The Bertz CT molecular complexity index is 1270. The molecule has 1 aromatic heterocycles. The number of hydrogen-bond acceptors (Lipinski definition) is 5. The van der Waals surface area contributed by atoms with Crippen molar-refractivity contribution in [2.75, 3.05) is 31.2 Å². The molecule has 9 heteroatoms. The van der Waals surface area contributed by atoms with Gasteiger partial charge in [0.05, 0.1) is 18.6 Å². The van der Waals surface area contributed by atoms with Gasteiger partial charge in [0.15, 0.2) is 0 Å². The summed E-state index contributed by atoms with van der Waals surface area (Å²) in [5.41, 5.74) is 1.35. The molecule has 0 atom stereocenters. The van der Waals surface area contributed by atoms with Crippen LogP contribution in [0.5, 0.6) is 5.75 Å². The maximum atomic E-state index is 13.8. The summed E-state index contributed by atoms with van der Waals surface area (Å²) < 4.78 is 41.3. The van der Waals surface area contributed by atoms with Crippen LogP contribution in [0.3, 0.4) is 0 Å². The molecule has 2 heterocycles. The second kappa shape index (κ2) is 10.9. The third-order valence-corrected chi connectivity index (χ3v) is 8.14. The minimum Gasteiger partial charge on any atom is -0.497 e. The van der Waals surface area contributed by atoms with Crippen molar-refractivity contribution in [2.45, 2.75) is 44.1 Å². The first-order chi connectivity index (χ1) is 17.6. The molecular weight excluding hydrogens is 490 g/mol. The number of methoxy groups -OCH3 is 1. The molecule has 4 rings (SSSR count). The number of carbonyl (C=O) groups is 1. The number of amides is 1. The average molecular weight is 526 g/mol. The Morgan fingerprint density at radius 1 is 0.946 bits per heavy atom. The average Bonchev–Trinajstić information content (AvgIpc) is 3.41. The fourth-order valence-electron chi connectivity index (χ4n) is 4.36. The summed E-state index contributed by atoms with van der Waals surface area (Å²) >= 11 is 0. The van der Waals surface area contributed by atoms with E-state index in [-0.39, 0.29) is 16.9 Å². The highest BCUT2D eigenvalue weighted by Gasteiger charge is 2.31. The third-order valence-electron chi connectivity index (χ3n) is 6.38. The number of benzene rings is 2. The maximum absolute atomic E-state index is 13.8. The van der Waals surface area contributed by atoms with Crippen molar-refractivity contribution in [3.05, 3.63) is 73.1 Å². The van der Waals surface area contributed by atoms with E-state index >= 15 is 0 Å². The van der Waals surface area contributed by atoms with Crippen LogP contribution in [0.25, 0.3) is 11.1 Å². The third kappa shape index (κ3) is 6.46. The molecule has 1 saturated heterocycles. The van der Waals surface area contributed by atoms with Crippen LogP contribution < -0.4 is 9.15 Å². The molecule has 0 bridgehead atoms. The van der Waals surface area contributed by atoms with Crippen LogP contribution in [0.1, 0.15) is 33.6 Å². The first-order valence-corrected chi connectivity index (χ1v) is 13.9. The number of sulfonamides is 1. The zero-order valence-electron chi connectivity index (χ0n) is 21.8. The number of likely N-dealkylation sites (tertiary alicyclic amines) is 1. The van der Waals surface area contributed by atoms with Gasteiger partial charge < -0.3 is 14.4 Å². The van der Waals surface area contributed by atoms with E-state index in [1.165, 1.54) is 4.41 Å². The van der Waals surface area contributed by atoms with E-state index in [2.05, 4.69) is 0 Å². The number of rotatable bonds is 7. The first kappa shape index (κ1) is 26.6. The van der Waals surface area contributed by atoms with Gasteiger partial charge in [-0.3, -0.25) is 4.68 Å². The molecule has 0 aliphatic carbocycles. The minimum atomic E-state index is -3.82. The second-order valence-electron chi connectivity index (χ2n) is 10.2. The summed E-state index contributed by atoms with van der Waals surface area (Å²) in [5, 5.41) is 0. The molecule has 0 spiro atoms. The van der Waals surface area contributed by atoms with Crippen molar-refractivity contribution in [3.8, 4) is 16.9 Å². The fourth-order valence-corrected chi connectivity index (χ4v) is 5.85. The summed E-state index contributed by atoms with van der Waals surface area (Å²) in [4.78, 5) is 14.4. The van der Waals surface area contributed by atoms with Crippen molar-refractivity contribution >= 4 is 16.1 Å². The maximum Gasteiger partial charge on any atom is 0.410 e. The van der Waals surface area contributed by atoms with E-state index in [0.717, 1.165) is 16.9 Å². The molecule has 3 aromatic rings. The smallest absolute Gasteiger partial charge is 0.410 e. The van der Waals surface area contributed by atoms with Gasteiger partial charge in [-0.05, 0) is 87.1 Å². The van der Waals surface area contributed by atoms with E-state index in [9.17, 15) is 13.2 Å². The normalized spacial score (nSPS) is 14.9. The van der Waals surface area contributed by atoms with Gasteiger partial charge in [-0.15, -0.1) is 0 Å². The quantitative estimate of drug-likeness (QED) is 0.427. The van der Waals surface area contributed by atoms with E-state index in [0.29, 0.717) is 32.5 Å². The summed E-state index contributed by atoms with van der Waals surface area (Å²) in [5.74, 6) is 0.872. The van der Waals surface area contributed by atoms with Crippen molar-refractivity contribution in [2.24, 2.45) is 5.92 Å². The Labute approximate surface area is 219 Å². The Morgan fingerprint density at radius 3 is 2.00 bits per heavy atom. The topological polar surface area (TPSA) is 81.1 Å². The molecule has 0 unspecified atom stereocenters. The first-order valence-electron chi connectivity index (χ1n) is 12.5. The molecule has 198 valence electrons. The molecule has 0 N–H and O–H groups in total. The standard InChI is InChI=1S/C28H35N3O5S/c1-28(2,3)36-27(32)29-19-15-22(16-20-29)21-31(30-17-5-6-18-30)37(33,34)26-13-9-24(10-14-26)23-7-11-25(35-4)12-8-23/h5-14,17-18,22H,15-16,19-21H2,1-4H3. The number of nitrogens with zero attached hydrogens (tertiary/aromatic N) is 3. The molecule has 0 saturated carbocycles. The predicted molar refractivity (Wildman–Crippen MR) is 144 cm³/mol. The van der Waals surface area contributed by atoms with Crippen LogP contribution >= 0.6 is 0 Å². The molecule has 2 aromatic carbocycles. The van der Waals surface area contributed by atoms with E-state index in [4.69, 9.17) is 9.47 Å². The minimum absolute atomic E-state index is 0.106. The van der Waals surface area contributed by atoms with Gasteiger partial charge in [0.25, 0.3) is 10.0 Å². The number of ether oxygens (including phenoxy) is 2. The lowest BCUT2D eigenvalue weighted by Gasteiger charge is -2.36. The molecule has 1 amide bonds.